The van der Waals surface area contributed by atoms with E-state index in [4.69, 9.17) is 0 Å². The minimum Gasteiger partial charge on any atom is -0.481 e. The van der Waals surface area contributed by atoms with Crippen LogP contribution in [0.4, 0.5) is 10.5 Å². The lowest BCUT2D eigenvalue weighted by Gasteiger charge is -2.40. The third kappa shape index (κ3) is 6.10. The van der Waals surface area contributed by atoms with Gasteiger partial charge in [0.1, 0.15) is 0 Å². The smallest absolute Gasteiger partial charge is 0.324 e. The highest BCUT2D eigenvalue weighted by molar-refractivity contribution is 9.10. The topological polar surface area (TPSA) is 95.0 Å². The number of amides is 2. The first-order valence-corrected chi connectivity index (χ1v) is 13.6. The first-order chi connectivity index (χ1) is 16.7. The van der Waals surface area contributed by atoms with Gasteiger partial charge in [-0.3, -0.25) is 9.69 Å². The SMILES string of the molecule is O=C(O)CC1CN(Cc2ccccc2CS(=O)(=O)c2ccccc2)C(=O)N(c2ccc(Br)cc2)C1. The predicted molar refractivity (Wildman–Crippen MR) is 137 cm³/mol. The Morgan fingerprint density at radius 3 is 2.20 bits per heavy atom. The summed E-state index contributed by atoms with van der Waals surface area (Å²) in [6.45, 7) is 0.758. The van der Waals surface area contributed by atoms with E-state index >= 15 is 0 Å². The largest absolute Gasteiger partial charge is 0.481 e. The van der Waals surface area contributed by atoms with Crippen LogP contribution in [0, 0.1) is 5.92 Å². The van der Waals surface area contributed by atoms with Crippen LogP contribution in [0.1, 0.15) is 17.5 Å². The molecule has 1 N–H and O–H groups in total. The summed E-state index contributed by atoms with van der Waals surface area (Å²) in [7, 11) is -3.57. The molecular weight excluding hydrogens is 532 g/mol. The van der Waals surface area contributed by atoms with E-state index < -0.39 is 15.8 Å². The number of hydrogen-bond donors (Lipinski definition) is 1. The molecule has 1 fully saturated rings. The maximum absolute atomic E-state index is 13.4. The highest BCUT2D eigenvalue weighted by atomic mass is 79.9. The molecule has 1 heterocycles. The van der Waals surface area contributed by atoms with Gasteiger partial charge in [-0.05, 0) is 47.5 Å². The molecular formula is C26H25BrN2O5S. The van der Waals surface area contributed by atoms with Crippen molar-refractivity contribution in [3.05, 3.63) is 94.5 Å². The second kappa shape index (κ2) is 10.6. The molecule has 2 amide bonds. The number of urea groups is 1. The number of hydrogen-bond acceptors (Lipinski definition) is 4. The van der Waals surface area contributed by atoms with Crippen LogP contribution < -0.4 is 4.90 Å². The first-order valence-electron chi connectivity index (χ1n) is 11.1. The number of carboxylic acids is 1. The summed E-state index contributed by atoms with van der Waals surface area (Å²) in [4.78, 5) is 28.3. The van der Waals surface area contributed by atoms with Crippen LogP contribution in [0.25, 0.3) is 0 Å². The standard InChI is InChI=1S/C26H25BrN2O5S/c27-22-10-12-23(13-11-22)29-16-19(14-25(30)31)15-28(26(29)32)17-20-6-4-5-7-21(20)18-35(33,34)24-8-2-1-3-9-24/h1-13,19H,14-18H2,(H,30,31). The van der Waals surface area contributed by atoms with Gasteiger partial charge in [-0.15, -0.1) is 0 Å². The number of rotatable bonds is 8. The summed E-state index contributed by atoms with van der Waals surface area (Å²) in [6.07, 6.45) is -0.0686. The van der Waals surface area contributed by atoms with Crippen molar-refractivity contribution in [1.82, 2.24) is 4.90 Å². The van der Waals surface area contributed by atoms with Crippen LogP contribution in [-0.2, 0) is 26.9 Å². The lowest BCUT2D eigenvalue weighted by Crippen LogP contribution is -2.53. The Hall–Kier alpha value is -3.17. The molecule has 3 aromatic carbocycles. The number of carbonyl (C=O) groups is 2. The molecule has 0 aliphatic carbocycles. The summed E-state index contributed by atoms with van der Waals surface area (Å²) in [5.41, 5.74) is 2.00. The van der Waals surface area contributed by atoms with Crippen molar-refractivity contribution in [2.45, 2.75) is 23.6 Å². The van der Waals surface area contributed by atoms with Gasteiger partial charge < -0.3 is 10.0 Å². The van der Waals surface area contributed by atoms with Gasteiger partial charge in [0.05, 0.1) is 17.1 Å². The van der Waals surface area contributed by atoms with Gasteiger partial charge in [-0.25, -0.2) is 13.2 Å². The van der Waals surface area contributed by atoms with E-state index in [0.29, 0.717) is 23.4 Å². The highest BCUT2D eigenvalue weighted by Gasteiger charge is 2.34. The van der Waals surface area contributed by atoms with E-state index in [-0.39, 0.29) is 42.1 Å². The summed E-state index contributed by atoms with van der Waals surface area (Å²) >= 11 is 3.39. The second-order valence-corrected chi connectivity index (χ2v) is 11.5. The van der Waals surface area contributed by atoms with Crippen LogP contribution in [0.2, 0.25) is 0 Å². The van der Waals surface area contributed by atoms with Crippen molar-refractivity contribution in [3.63, 3.8) is 0 Å². The highest BCUT2D eigenvalue weighted by Crippen LogP contribution is 2.28. The minimum absolute atomic E-state index is 0.0686. The number of benzene rings is 3. The Morgan fingerprint density at radius 1 is 0.914 bits per heavy atom. The number of carboxylic acid groups (broad SMARTS) is 1. The lowest BCUT2D eigenvalue weighted by atomic mass is 10.00. The molecule has 0 bridgehead atoms. The maximum Gasteiger partial charge on any atom is 0.324 e. The van der Waals surface area contributed by atoms with Crippen molar-refractivity contribution in [2.75, 3.05) is 18.0 Å². The zero-order valence-corrected chi connectivity index (χ0v) is 21.3. The molecule has 0 radical (unpaired) electrons. The molecule has 4 rings (SSSR count). The van der Waals surface area contributed by atoms with Gasteiger partial charge in [-0.1, -0.05) is 58.4 Å². The molecule has 1 atom stereocenters. The summed E-state index contributed by atoms with van der Waals surface area (Å²) in [6, 6.07) is 22.5. The molecule has 0 saturated carbocycles. The van der Waals surface area contributed by atoms with Crippen molar-refractivity contribution in [3.8, 4) is 0 Å². The third-order valence-corrected chi connectivity index (χ3v) is 8.16. The van der Waals surface area contributed by atoms with Crippen LogP contribution in [0.5, 0.6) is 0 Å². The Kier molecular flexibility index (Phi) is 7.57. The zero-order chi connectivity index (χ0) is 25.0. The van der Waals surface area contributed by atoms with Crippen LogP contribution in [0.3, 0.4) is 0 Å². The molecule has 1 saturated heterocycles. The van der Waals surface area contributed by atoms with E-state index in [9.17, 15) is 23.1 Å². The van der Waals surface area contributed by atoms with E-state index in [1.54, 1.807) is 52.3 Å². The molecule has 9 heteroatoms. The Morgan fingerprint density at radius 2 is 1.54 bits per heavy atom. The van der Waals surface area contributed by atoms with E-state index in [0.717, 1.165) is 4.47 Å². The fraction of sp³-hybridized carbons (Fsp3) is 0.231. The van der Waals surface area contributed by atoms with E-state index in [2.05, 4.69) is 15.9 Å². The Labute approximate surface area is 213 Å². The van der Waals surface area contributed by atoms with Crippen LogP contribution in [-0.4, -0.2) is 43.5 Å². The Balaban J connectivity index is 1.61. The normalized spacial score (nSPS) is 16.4. The van der Waals surface area contributed by atoms with Crippen molar-refractivity contribution in [2.24, 2.45) is 5.92 Å². The van der Waals surface area contributed by atoms with Gasteiger partial charge in [0, 0.05) is 35.7 Å². The van der Waals surface area contributed by atoms with Crippen molar-refractivity contribution < 1.29 is 23.1 Å². The van der Waals surface area contributed by atoms with E-state index in [1.807, 2.05) is 36.4 Å². The molecule has 3 aromatic rings. The number of halogens is 1. The quantitative estimate of drug-likeness (QED) is 0.423. The number of anilines is 1. The van der Waals surface area contributed by atoms with Crippen LogP contribution in [0.15, 0.2) is 88.2 Å². The fourth-order valence-corrected chi connectivity index (χ4v) is 5.97. The second-order valence-electron chi connectivity index (χ2n) is 8.55. The zero-order valence-electron chi connectivity index (χ0n) is 18.9. The molecule has 1 aliphatic heterocycles. The lowest BCUT2D eigenvalue weighted by molar-refractivity contribution is -0.138. The minimum atomic E-state index is -3.57. The fourth-order valence-electron chi connectivity index (χ4n) is 4.27. The number of sulfone groups is 1. The molecule has 0 aromatic heterocycles. The molecule has 0 spiro atoms. The van der Waals surface area contributed by atoms with Gasteiger partial charge in [0.2, 0.25) is 0 Å². The predicted octanol–water partition coefficient (Wildman–Crippen LogP) is 4.96. The molecule has 7 nitrogen and oxygen atoms in total. The van der Waals surface area contributed by atoms with Crippen LogP contribution >= 0.6 is 15.9 Å². The van der Waals surface area contributed by atoms with Gasteiger partial charge >= 0.3 is 12.0 Å². The maximum atomic E-state index is 13.4. The van der Waals surface area contributed by atoms with E-state index in [1.165, 1.54) is 0 Å². The van der Waals surface area contributed by atoms with Gasteiger partial charge in [0.15, 0.2) is 9.84 Å². The third-order valence-electron chi connectivity index (χ3n) is 5.95. The first kappa shape index (κ1) is 24.9. The molecule has 1 aliphatic rings. The Bertz CT molecular complexity index is 1310. The number of carbonyl (C=O) groups excluding carboxylic acids is 1. The summed E-state index contributed by atoms with van der Waals surface area (Å²) in [5.74, 6) is -1.38. The number of nitrogens with zero attached hydrogens (tertiary/aromatic N) is 2. The van der Waals surface area contributed by atoms with Gasteiger partial charge in [-0.2, -0.15) is 0 Å². The summed E-state index contributed by atoms with van der Waals surface area (Å²) < 4.78 is 26.9. The van der Waals surface area contributed by atoms with Gasteiger partial charge in [0.25, 0.3) is 0 Å². The average Bonchev–Trinajstić information content (AvgIpc) is 2.83. The molecule has 1 unspecified atom stereocenters. The molecule has 35 heavy (non-hydrogen) atoms. The van der Waals surface area contributed by atoms with Crippen molar-refractivity contribution >= 4 is 43.5 Å². The van der Waals surface area contributed by atoms with Crippen molar-refractivity contribution in [1.29, 1.82) is 0 Å². The summed E-state index contributed by atoms with van der Waals surface area (Å²) in [5, 5.41) is 9.39. The number of aliphatic carboxylic acids is 1. The monoisotopic (exact) mass is 556 g/mol. The molecule has 182 valence electrons. The average molecular weight is 557 g/mol.